The van der Waals surface area contributed by atoms with Crippen LogP contribution >= 0.6 is 0 Å². The van der Waals surface area contributed by atoms with Gasteiger partial charge in [-0.1, -0.05) is 0 Å². The van der Waals surface area contributed by atoms with Crippen LogP contribution in [-0.2, 0) is 9.53 Å². The normalized spacial score (nSPS) is 19.5. The van der Waals surface area contributed by atoms with Crippen LogP contribution < -0.4 is 5.32 Å². The number of aliphatic carboxylic acids is 1. The molecule has 0 aromatic rings. The van der Waals surface area contributed by atoms with E-state index in [9.17, 15) is 4.79 Å². The van der Waals surface area contributed by atoms with Crippen molar-refractivity contribution < 1.29 is 14.6 Å². The molecule has 0 unspecified atom stereocenters. The van der Waals surface area contributed by atoms with Crippen LogP contribution in [0.2, 0.25) is 0 Å². The van der Waals surface area contributed by atoms with Crippen LogP contribution in [0.15, 0.2) is 0 Å². The number of hydrogen-bond donors (Lipinski definition) is 2. The highest BCUT2D eigenvalue weighted by Gasteiger charge is 2.43. The van der Waals surface area contributed by atoms with E-state index in [1.54, 1.807) is 0 Å². The number of nitrogens with one attached hydrogen (secondary N) is 1. The van der Waals surface area contributed by atoms with Crippen molar-refractivity contribution in [3.63, 3.8) is 0 Å². The quantitative estimate of drug-likeness (QED) is 0.598. The molecule has 0 saturated heterocycles. The summed E-state index contributed by atoms with van der Waals surface area (Å²) in [4.78, 5) is 10.9. The third-order valence-corrected chi connectivity index (χ3v) is 2.53. The Morgan fingerprint density at radius 3 is 2.69 bits per heavy atom. The second-order valence-corrected chi connectivity index (χ2v) is 3.36. The summed E-state index contributed by atoms with van der Waals surface area (Å²) >= 11 is 0. The lowest BCUT2D eigenvalue weighted by atomic mass is 9.77. The summed E-state index contributed by atoms with van der Waals surface area (Å²) in [5.74, 6) is -0.727. The Bertz CT molecular complexity index is 178. The Morgan fingerprint density at radius 1 is 1.62 bits per heavy atom. The predicted octanol–water partition coefficient (Wildman–Crippen LogP) is 0.620. The minimum atomic E-state index is -0.727. The maximum absolute atomic E-state index is 10.9. The molecule has 13 heavy (non-hydrogen) atoms. The molecule has 1 rings (SSSR count). The van der Waals surface area contributed by atoms with Gasteiger partial charge in [0.1, 0.15) is 5.54 Å². The van der Waals surface area contributed by atoms with Gasteiger partial charge < -0.3 is 9.84 Å². The molecule has 1 saturated carbocycles. The molecular weight excluding hydrogens is 170 g/mol. The first-order chi connectivity index (χ1) is 6.21. The number of carboxylic acid groups (broad SMARTS) is 1. The first kappa shape index (κ1) is 10.5. The van der Waals surface area contributed by atoms with Gasteiger partial charge in [0.05, 0.1) is 6.61 Å². The van der Waals surface area contributed by atoms with Gasteiger partial charge in [-0.15, -0.1) is 0 Å². The monoisotopic (exact) mass is 187 g/mol. The summed E-state index contributed by atoms with van der Waals surface area (Å²) in [6, 6.07) is 0. The molecule has 1 aliphatic rings. The van der Waals surface area contributed by atoms with Gasteiger partial charge in [-0.25, -0.2) is 0 Å². The molecule has 0 heterocycles. The van der Waals surface area contributed by atoms with E-state index in [0.29, 0.717) is 19.8 Å². The molecule has 4 heteroatoms. The Hall–Kier alpha value is -0.610. The lowest BCUT2D eigenvalue weighted by Gasteiger charge is -2.38. The Balaban J connectivity index is 2.21. The van der Waals surface area contributed by atoms with Gasteiger partial charge in [0.2, 0.25) is 0 Å². The van der Waals surface area contributed by atoms with Gasteiger partial charge in [0.25, 0.3) is 0 Å². The average molecular weight is 187 g/mol. The minimum Gasteiger partial charge on any atom is -0.480 e. The summed E-state index contributed by atoms with van der Waals surface area (Å²) in [6.45, 7) is 3.82. The second kappa shape index (κ2) is 4.58. The molecule has 4 nitrogen and oxygen atoms in total. The molecule has 0 aliphatic heterocycles. The largest absolute Gasteiger partial charge is 0.480 e. The van der Waals surface area contributed by atoms with Crippen LogP contribution in [0.5, 0.6) is 0 Å². The van der Waals surface area contributed by atoms with Gasteiger partial charge in [0.15, 0.2) is 0 Å². The van der Waals surface area contributed by atoms with Gasteiger partial charge in [-0.3, -0.25) is 10.1 Å². The first-order valence-electron chi connectivity index (χ1n) is 4.77. The highest BCUT2D eigenvalue weighted by atomic mass is 16.5. The zero-order valence-electron chi connectivity index (χ0n) is 8.01. The molecule has 0 bridgehead atoms. The molecule has 0 aromatic heterocycles. The fraction of sp³-hybridized carbons (Fsp3) is 0.889. The van der Waals surface area contributed by atoms with E-state index >= 15 is 0 Å². The van der Waals surface area contributed by atoms with Crippen molar-refractivity contribution in [2.75, 3.05) is 19.8 Å². The Labute approximate surface area is 78.3 Å². The fourth-order valence-corrected chi connectivity index (χ4v) is 1.50. The fourth-order valence-electron chi connectivity index (χ4n) is 1.50. The second-order valence-electron chi connectivity index (χ2n) is 3.36. The minimum absolute atomic E-state index is 0.589. The van der Waals surface area contributed by atoms with E-state index in [0.717, 1.165) is 19.3 Å². The molecular formula is C9H17NO3. The molecule has 0 aromatic carbocycles. The first-order valence-corrected chi connectivity index (χ1v) is 4.77. The predicted molar refractivity (Wildman–Crippen MR) is 48.7 cm³/mol. The van der Waals surface area contributed by atoms with Crippen molar-refractivity contribution in [1.82, 2.24) is 5.32 Å². The van der Waals surface area contributed by atoms with E-state index < -0.39 is 11.5 Å². The summed E-state index contributed by atoms with van der Waals surface area (Å²) in [5.41, 5.74) is -0.642. The molecule has 76 valence electrons. The van der Waals surface area contributed by atoms with Gasteiger partial charge in [-0.05, 0) is 26.2 Å². The molecule has 0 spiro atoms. The highest BCUT2D eigenvalue weighted by Crippen LogP contribution is 2.31. The van der Waals surface area contributed by atoms with Crippen LogP contribution in [0, 0.1) is 0 Å². The third-order valence-electron chi connectivity index (χ3n) is 2.53. The van der Waals surface area contributed by atoms with Gasteiger partial charge >= 0.3 is 5.97 Å². The van der Waals surface area contributed by atoms with E-state index in [-0.39, 0.29) is 0 Å². The van der Waals surface area contributed by atoms with Crippen LogP contribution in [0.1, 0.15) is 26.2 Å². The molecule has 1 aliphatic carbocycles. The van der Waals surface area contributed by atoms with Crippen molar-refractivity contribution in [2.45, 2.75) is 31.7 Å². The molecule has 1 fully saturated rings. The molecule has 0 atom stereocenters. The summed E-state index contributed by atoms with van der Waals surface area (Å²) in [6.07, 6.45) is 2.50. The van der Waals surface area contributed by atoms with Crippen molar-refractivity contribution in [3.05, 3.63) is 0 Å². The van der Waals surface area contributed by atoms with Crippen LogP contribution in [0.25, 0.3) is 0 Å². The number of ether oxygens (including phenoxy) is 1. The Kier molecular flexibility index (Phi) is 3.69. The standard InChI is InChI=1S/C9H17NO3/c1-2-13-7-6-10-9(8(11)12)4-3-5-9/h10H,2-7H2,1H3,(H,11,12). The number of hydrogen-bond acceptors (Lipinski definition) is 3. The maximum atomic E-state index is 10.9. The zero-order chi connectivity index (χ0) is 9.73. The van der Waals surface area contributed by atoms with Gasteiger partial charge in [-0.2, -0.15) is 0 Å². The maximum Gasteiger partial charge on any atom is 0.323 e. The topological polar surface area (TPSA) is 58.6 Å². The molecule has 2 N–H and O–H groups in total. The molecule has 0 radical (unpaired) electrons. The van der Waals surface area contributed by atoms with E-state index in [1.807, 2.05) is 6.92 Å². The van der Waals surface area contributed by atoms with Crippen molar-refractivity contribution >= 4 is 5.97 Å². The van der Waals surface area contributed by atoms with E-state index in [1.165, 1.54) is 0 Å². The van der Waals surface area contributed by atoms with Crippen LogP contribution in [0.4, 0.5) is 0 Å². The van der Waals surface area contributed by atoms with Crippen LogP contribution in [0.3, 0.4) is 0 Å². The van der Waals surface area contributed by atoms with Gasteiger partial charge in [0, 0.05) is 13.2 Å². The highest BCUT2D eigenvalue weighted by molar-refractivity contribution is 5.79. The van der Waals surface area contributed by atoms with E-state index in [2.05, 4.69) is 5.32 Å². The Morgan fingerprint density at radius 2 is 2.31 bits per heavy atom. The average Bonchev–Trinajstić information content (AvgIpc) is 2.01. The summed E-state index contributed by atoms with van der Waals surface area (Å²) < 4.78 is 5.12. The zero-order valence-corrected chi connectivity index (χ0v) is 8.01. The smallest absolute Gasteiger partial charge is 0.323 e. The lowest BCUT2D eigenvalue weighted by molar-refractivity contribution is -0.148. The number of carbonyl (C=O) groups is 1. The SMILES string of the molecule is CCOCCNC1(C(=O)O)CCC1. The number of carboxylic acids is 1. The van der Waals surface area contributed by atoms with Crippen LogP contribution in [-0.4, -0.2) is 36.4 Å². The van der Waals surface area contributed by atoms with Crippen molar-refractivity contribution in [3.8, 4) is 0 Å². The summed E-state index contributed by atoms with van der Waals surface area (Å²) in [7, 11) is 0. The van der Waals surface area contributed by atoms with Crippen molar-refractivity contribution in [2.24, 2.45) is 0 Å². The summed E-state index contributed by atoms with van der Waals surface area (Å²) in [5, 5.41) is 12.0. The lowest BCUT2D eigenvalue weighted by Crippen LogP contribution is -2.57. The van der Waals surface area contributed by atoms with E-state index in [4.69, 9.17) is 9.84 Å². The third kappa shape index (κ3) is 2.42. The van der Waals surface area contributed by atoms with Crippen molar-refractivity contribution in [1.29, 1.82) is 0 Å². The molecule has 0 amide bonds. The number of rotatable bonds is 6.